The van der Waals surface area contributed by atoms with E-state index in [2.05, 4.69) is 66.1 Å². The molecule has 1 aliphatic rings. The molecule has 1 saturated heterocycles. The fourth-order valence-electron chi connectivity index (χ4n) is 5.46. The van der Waals surface area contributed by atoms with Crippen LogP contribution in [0, 0.1) is 3.57 Å². The number of pyridine rings is 2. The van der Waals surface area contributed by atoms with E-state index in [0.717, 1.165) is 54.6 Å². The molecule has 0 bridgehead atoms. The predicted molar refractivity (Wildman–Crippen MR) is 178 cm³/mol. The van der Waals surface area contributed by atoms with Crippen molar-refractivity contribution in [2.45, 2.75) is 29.7 Å². The number of hydrogen-bond acceptors (Lipinski definition) is 3. The third-order valence-corrected chi connectivity index (χ3v) is 18.7. The van der Waals surface area contributed by atoms with Crippen molar-refractivity contribution in [2.24, 2.45) is 0 Å². The Morgan fingerprint density at radius 3 is 2.44 bits per heavy atom. The summed E-state index contributed by atoms with van der Waals surface area (Å²) in [6.45, 7) is 1.97. The van der Waals surface area contributed by atoms with E-state index in [-0.39, 0.29) is 5.56 Å². The molecule has 1 unspecified atom stereocenters. The van der Waals surface area contributed by atoms with Crippen LogP contribution in [0.15, 0.2) is 104 Å². The quantitative estimate of drug-likeness (QED) is 0.0964. The first-order chi connectivity index (χ1) is 19.8. The molecule has 0 amide bonds. The summed E-state index contributed by atoms with van der Waals surface area (Å²) in [6.07, 6.45) is 10.4. The van der Waals surface area contributed by atoms with Crippen LogP contribution in [0.25, 0.3) is 33.8 Å². The second-order valence-corrected chi connectivity index (χ2v) is 20.3. The summed E-state index contributed by atoms with van der Waals surface area (Å²) in [5.74, 6) is -2.89. The SMILES string of the molecule is CC(F)(F)c1cccc(-c2cn3cccc(I(I)C4CCCN4c4ccc(-c5cn6ccccc6n5)cc4)c3n2)c1. The normalized spacial score (nSPS) is 16.1. The number of benzene rings is 2. The van der Waals surface area contributed by atoms with Crippen molar-refractivity contribution >= 4 is 51.4 Å². The average molecular weight is 773 g/mol. The van der Waals surface area contributed by atoms with Gasteiger partial charge in [0.1, 0.15) is 0 Å². The Labute approximate surface area is 253 Å². The van der Waals surface area contributed by atoms with Gasteiger partial charge >= 0.3 is 255 Å². The molecule has 2 aromatic carbocycles. The zero-order valence-electron chi connectivity index (χ0n) is 22.3. The fourth-order valence-corrected chi connectivity index (χ4v) is 15.2. The fraction of sp³-hybridized carbons (Fsp3) is 0.188. The summed E-state index contributed by atoms with van der Waals surface area (Å²) < 4.78 is 33.9. The third kappa shape index (κ3) is 5.11. The molecule has 5 heterocycles. The van der Waals surface area contributed by atoms with Gasteiger partial charge in [-0.05, 0) is 0 Å². The van der Waals surface area contributed by atoms with Gasteiger partial charge in [0.2, 0.25) is 0 Å². The molecule has 1 aliphatic heterocycles. The Balaban J connectivity index is 1.17. The van der Waals surface area contributed by atoms with Gasteiger partial charge in [-0.1, -0.05) is 0 Å². The molecule has 1 fully saturated rings. The van der Waals surface area contributed by atoms with E-state index in [1.807, 2.05) is 51.7 Å². The number of rotatable bonds is 6. The van der Waals surface area contributed by atoms with Crippen LogP contribution in [-0.4, -0.2) is 29.4 Å². The third-order valence-electron chi connectivity index (χ3n) is 7.55. The number of aromatic nitrogens is 4. The molecule has 0 spiro atoms. The Kier molecular flexibility index (Phi) is 6.96. The van der Waals surface area contributed by atoms with Crippen LogP contribution in [-0.2, 0) is 5.92 Å². The number of imidazole rings is 2. The van der Waals surface area contributed by atoms with Gasteiger partial charge in [0, 0.05) is 0 Å². The number of halogens is 4. The first-order valence-corrected chi connectivity index (χ1v) is 22.1. The number of hydrogen-bond donors (Lipinski definition) is 0. The van der Waals surface area contributed by atoms with E-state index >= 15 is 0 Å². The van der Waals surface area contributed by atoms with E-state index in [0.29, 0.717) is 9.61 Å². The zero-order chi connectivity index (χ0) is 28.1. The van der Waals surface area contributed by atoms with Crippen molar-refractivity contribution in [3.63, 3.8) is 0 Å². The van der Waals surface area contributed by atoms with Crippen LogP contribution >= 0.6 is 34.5 Å². The van der Waals surface area contributed by atoms with Gasteiger partial charge in [-0.3, -0.25) is 0 Å². The molecule has 7 rings (SSSR count). The van der Waals surface area contributed by atoms with Crippen LogP contribution < -0.4 is 4.90 Å². The van der Waals surface area contributed by atoms with Crippen molar-refractivity contribution in [2.75, 3.05) is 11.4 Å². The van der Waals surface area contributed by atoms with E-state index in [4.69, 9.17) is 9.97 Å². The van der Waals surface area contributed by atoms with E-state index in [1.165, 1.54) is 15.3 Å². The Morgan fingerprint density at radius 1 is 0.854 bits per heavy atom. The topological polar surface area (TPSA) is 37.8 Å². The van der Waals surface area contributed by atoms with Crippen LogP contribution in [0.4, 0.5) is 14.5 Å². The second kappa shape index (κ2) is 10.6. The minimum absolute atomic E-state index is 0.00317. The molecule has 41 heavy (non-hydrogen) atoms. The van der Waals surface area contributed by atoms with Crippen molar-refractivity contribution in [1.29, 1.82) is 0 Å². The summed E-state index contributed by atoms with van der Waals surface area (Å²) in [5, 5.41) is 0. The van der Waals surface area contributed by atoms with Crippen LogP contribution in [0.3, 0.4) is 0 Å². The summed E-state index contributed by atoms with van der Waals surface area (Å²) >= 11 is 0.969. The number of alkyl halides is 3. The predicted octanol–water partition coefficient (Wildman–Crippen LogP) is 9.08. The van der Waals surface area contributed by atoms with Gasteiger partial charge in [-0.15, -0.1) is 0 Å². The summed E-state index contributed by atoms with van der Waals surface area (Å²) in [4.78, 5) is 12.3. The van der Waals surface area contributed by atoms with Crippen molar-refractivity contribution in [3.8, 4) is 22.5 Å². The Hall–Kier alpha value is -3.06. The van der Waals surface area contributed by atoms with Gasteiger partial charge in [0.15, 0.2) is 0 Å². The number of anilines is 1. The maximum atomic E-state index is 14.0. The van der Waals surface area contributed by atoms with Crippen molar-refractivity contribution in [1.82, 2.24) is 18.8 Å². The number of fused-ring (bicyclic) bond motifs is 2. The molecular weight excluding hydrogens is 746 g/mol. The van der Waals surface area contributed by atoms with E-state index in [1.54, 1.807) is 12.1 Å². The van der Waals surface area contributed by atoms with Crippen molar-refractivity contribution in [3.05, 3.63) is 113 Å². The molecule has 9 heteroatoms. The van der Waals surface area contributed by atoms with Crippen LogP contribution in [0.2, 0.25) is 0 Å². The second-order valence-electron chi connectivity index (χ2n) is 10.4. The molecule has 0 saturated carbocycles. The standard InChI is InChI=1S/C32H27F2I2N5/c1-32(33,34)24-8-4-7-23(19-24)28-21-40-17-5-9-26(31(40)38-28)36(35)29-10-6-18-41(29)25-14-12-22(13-15-25)27-20-39-16-3-2-11-30(39)37-27/h2-5,7-9,11-17,19-21,29H,6,10,18H2,1H3. The minimum atomic E-state index is -2.89. The van der Waals surface area contributed by atoms with Gasteiger partial charge in [-0.2, -0.15) is 0 Å². The number of nitrogens with zero attached hydrogens (tertiary/aromatic N) is 5. The van der Waals surface area contributed by atoms with Crippen LogP contribution in [0.1, 0.15) is 25.3 Å². The first-order valence-electron chi connectivity index (χ1n) is 13.5. The molecule has 0 N–H and O–H groups in total. The van der Waals surface area contributed by atoms with Gasteiger partial charge in [0.25, 0.3) is 0 Å². The summed E-state index contributed by atoms with van der Waals surface area (Å²) in [6, 6.07) is 25.7. The Bertz CT molecular complexity index is 1830. The van der Waals surface area contributed by atoms with Gasteiger partial charge < -0.3 is 0 Å². The summed E-state index contributed by atoms with van der Waals surface area (Å²) in [5.41, 5.74) is 6.63. The molecule has 6 aromatic rings. The molecule has 4 aromatic heterocycles. The molecule has 5 nitrogen and oxygen atoms in total. The van der Waals surface area contributed by atoms with Crippen molar-refractivity contribution < 1.29 is 8.78 Å². The monoisotopic (exact) mass is 773 g/mol. The molecule has 0 radical (unpaired) electrons. The Morgan fingerprint density at radius 2 is 1.63 bits per heavy atom. The van der Waals surface area contributed by atoms with Gasteiger partial charge in [0.05, 0.1) is 0 Å². The molecule has 208 valence electrons. The van der Waals surface area contributed by atoms with Crippen LogP contribution in [0.5, 0.6) is 0 Å². The van der Waals surface area contributed by atoms with E-state index < -0.39 is 21.8 Å². The maximum absolute atomic E-state index is 14.0. The molecule has 1 atom stereocenters. The zero-order valence-corrected chi connectivity index (χ0v) is 26.6. The first kappa shape index (κ1) is 26.8. The average Bonchev–Trinajstić information content (AvgIpc) is 3.74. The molecule has 0 aliphatic carbocycles. The van der Waals surface area contributed by atoms with E-state index in [9.17, 15) is 8.78 Å². The van der Waals surface area contributed by atoms with Gasteiger partial charge in [-0.25, -0.2) is 0 Å². The molecular formula is C32H27F2I2N5. The summed E-state index contributed by atoms with van der Waals surface area (Å²) in [7, 11) is 0.